The first-order valence-corrected chi connectivity index (χ1v) is 4.46. The Bertz CT molecular complexity index is 452. The number of esters is 1. The molecule has 90 valence electrons. The lowest BCUT2D eigenvalue weighted by Gasteiger charge is -2.02. The van der Waals surface area contributed by atoms with Crippen molar-refractivity contribution in [2.24, 2.45) is 0 Å². The van der Waals surface area contributed by atoms with Crippen LogP contribution in [-0.2, 0) is 16.1 Å². The molecule has 0 unspecified atom stereocenters. The molecule has 1 aromatic carbocycles. The number of carbonyl (C=O) groups excluding carboxylic acids is 1. The van der Waals surface area contributed by atoms with Gasteiger partial charge in [-0.25, -0.2) is 0 Å². The Morgan fingerprint density at radius 3 is 2.00 bits per heavy atom. The van der Waals surface area contributed by atoms with E-state index in [1.54, 1.807) is 0 Å². The number of nitrogens with zero attached hydrogens (tertiary/aromatic N) is 2. The molecule has 1 rings (SSSR count). The molecule has 17 heavy (non-hydrogen) atoms. The van der Waals surface area contributed by atoms with Crippen molar-refractivity contribution in [2.45, 2.75) is 13.5 Å². The second-order valence-electron chi connectivity index (χ2n) is 3.15. The van der Waals surface area contributed by atoms with Crippen LogP contribution in [0.1, 0.15) is 12.5 Å². The van der Waals surface area contributed by atoms with Gasteiger partial charge in [0.2, 0.25) is 0 Å². The summed E-state index contributed by atoms with van der Waals surface area (Å²) in [5, 5.41) is 21.1. The van der Waals surface area contributed by atoms with Gasteiger partial charge in [0.1, 0.15) is 6.61 Å². The van der Waals surface area contributed by atoms with E-state index in [1.165, 1.54) is 6.92 Å². The molecule has 0 atom stereocenters. The molecular weight excluding hydrogens is 232 g/mol. The maximum Gasteiger partial charge on any atom is 0.302 e. The van der Waals surface area contributed by atoms with E-state index in [2.05, 4.69) is 4.74 Å². The highest BCUT2D eigenvalue weighted by Gasteiger charge is 2.16. The highest BCUT2D eigenvalue weighted by molar-refractivity contribution is 5.66. The topological polar surface area (TPSA) is 113 Å². The summed E-state index contributed by atoms with van der Waals surface area (Å²) < 4.78 is 4.61. The molecule has 0 bridgehead atoms. The van der Waals surface area contributed by atoms with Crippen molar-refractivity contribution in [2.75, 3.05) is 0 Å². The molecule has 8 nitrogen and oxygen atoms in total. The van der Waals surface area contributed by atoms with Gasteiger partial charge >= 0.3 is 5.97 Å². The monoisotopic (exact) mass is 240 g/mol. The van der Waals surface area contributed by atoms with E-state index in [0.29, 0.717) is 0 Å². The van der Waals surface area contributed by atoms with Crippen LogP contribution in [0.15, 0.2) is 18.2 Å². The fourth-order valence-corrected chi connectivity index (χ4v) is 1.14. The fourth-order valence-electron chi connectivity index (χ4n) is 1.14. The van der Waals surface area contributed by atoms with Crippen molar-refractivity contribution in [1.29, 1.82) is 0 Å². The third kappa shape index (κ3) is 3.52. The minimum Gasteiger partial charge on any atom is -0.461 e. The van der Waals surface area contributed by atoms with Crippen molar-refractivity contribution in [3.05, 3.63) is 44.0 Å². The Hall–Kier alpha value is -2.51. The van der Waals surface area contributed by atoms with Crippen LogP contribution in [0.5, 0.6) is 0 Å². The molecule has 0 saturated heterocycles. The number of hydrogen-bond acceptors (Lipinski definition) is 6. The smallest absolute Gasteiger partial charge is 0.302 e. The van der Waals surface area contributed by atoms with Crippen LogP contribution in [-0.4, -0.2) is 15.8 Å². The van der Waals surface area contributed by atoms with Crippen LogP contribution in [0.3, 0.4) is 0 Å². The predicted octanol–water partition coefficient (Wildman–Crippen LogP) is 1.57. The van der Waals surface area contributed by atoms with Gasteiger partial charge in [-0.15, -0.1) is 0 Å². The van der Waals surface area contributed by atoms with Crippen molar-refractivity contribution < 1.29 is 19.4 Å². The highest BCUT2D eigenvalue weighted by atomic mass is 16.6. The van der Waals surface area contributed by atoms with Crippen LogP contribution < -0.4 is 0 Å². The number of rotatable bonds is 4. The minimum absolute atomic E-state index is 0.195. The third-order valence-electron chi connectivity index (χ3n) is 1.83. The Kier molecular flexibility index (Phi) is 3.70. The second kappa shape index (κ2) is 5.01. The van der Waals surface area contributed by atoms with E-state index in [-0.39, 0.29) is 12.2 Å². The van der Waals surface area contributed by atoms with Crippen molar-refractivity contribution in [3.63, 3.8) is 0 Å². The Morgan fingerprint density at radius 1 is 1.18 bits per heavy atom. The van der Waals surface area contributed by atoms with E-state index in [0.717, 1.165) is 18.2 Å². The molecule has 0 aliphatic carbocycles. The van der Waals surface area contributed by atoms with Gasteiger partial charge in [0.25, 0.3) is 11.4 Å². The van der Waals surface area contributed by atoms with Gasteiger partial charge in [0.05, 0.1) is 15.9 Å². The quantitative estimate of drug-likeness (QED) is 0.448. The minimum atomic E-state index is -0.746. The molecule has 0 aliphatic heterocycles. The molecule has 0 saturated carbocycles. The molecule has 0 aliphatic rings. The molecule has 0 heterocycles. The number of nitro benzene ring substituents is 2. The first-order chi connectivity index (χ1) is 7.90. The second-order valence-corrected chi connectivity index (χ2v) is 3.15. The van der Waals surface area contributed by atoms with Crippen LogP contribution in [0.25, 0.3) is 0 Å². The summed E-state index contributed by atoms with van der Waals surface area (Å²) in [7, 11) is 0. The van der Waals surface area contributed by atoms with Crippen molar-refractivity contribution in [3.8, 4) is 0 Å². The summed E-state index contributed by atoms with van der Waals surface area (Å²) in [6.07, 6.45) is 0. The molecule has 0 amide bonds. The average molecular weight is 240 g/mol. The summed E-state index contributed by atoms with van der Waals surface area (Å²) in [6.45, 7) is 0.934. The zero-order chi connectivity index (χ0) is 13.0. The normalized spacial score (nSPS) is 9.71. The first kappa shape index (κ1) is 12.6. The summed E-state index contributed by atoms with van der Waals surface area (Å²) in [5.41, 5.74) is -0.635. The van der Waals surface area contributed by atoms with Crippen LogP contribution in [0.2, 0.25) is 0 Å². The summed E-state index contributed by atoms with van der Waals surface area (Å²) in [4.78, 5) is 30.2. The van der Waals surface area contributed by atoms with Gasteiger partial charge in [-0.3, -0.25) is 25.0 Å². The lowest BCUT2D eigenvalue weighted by Crippen LogP contribution is -2.01. The SMILES string of the molecule is CC(=O)OCc1cc([N+](=O)[O-])cc([N+](=O)[O-])c1. The molecular formula is C9H8N2O6. The number of non-ortho nitro benzene ring substituents is 2. The van der Waals surface area contributed by atoms with Crippen LogP contribution >= 0.6 is 0 Å². The number of ether oxygens (including phenoxy) is 1. The number of hydrogen-bond donors (Lipinski definition) is 0. The van der Waals surface area contributed by atoms with Gasteiger partial charge < -0.3 is 4.74 Å². The Morgan fingerprint density at radius 2 is 1.65 bits per heavy atom. The predicted molar refractivity (Wildman–Crippen MR) is 55.2 cm³/mol. The zero-order valence-electron chi connectivity index (χ0n) is 8.78. The maximum atomic E-state index is 10.6. The van der Waals surface area contributed by atoms with Gasteiger partial charge in [0, 0.05) is 24.6 Å². The van der Waals surface area contributed by atoms with Gasteiger partial charge in [-0.1, -0.05) is 0 Å². The Balaban J connectivity index is 3.08. The van der Waals surface area contributed by atoms with Gasteiger partial charge in [-0.2, -0.15) is 0 Å². The van der Waals surface area contributed by atoms with Crippen LogP contribution in [0, 0.1) is 20.2 Å². The standard InChI is InChI=1S/C9H8N2O6/c1-6(12)17-5-7-2-8(10(13)14)4-9(3-7)11(15)16/h2-4H,5H2,1H3. The van der Waals surface area contributed by atoms with E-state index in [9.17, 15) is 25.0 Å². The molecule has 0 fully saturated rings. The van der Waals surface area contributed by atoms with E-state index in [1.807, 2.05) is 0 Å². The molecule has 0 radical (unpaired) electrons. The van der Waals surface area contributed by atoms with Crippen molar-refractivity contribution >= 4 is 17.3 Å². The third-order valence-corrected chi connectivity index (χ3v) is 1.83. The average Bonchev–Trinajstić information content (AvgIpc) is 2.25. The number of carbonyl (C=O) groups is 1. The fraction of sp³-hybridized carbons (Fsp3) is 0.222. The molecule has 8 heteroatoms. The summed E-state index contributed by atoms with van der Waals surface area (Å²) >= 11 is 0. The number of benzene rings is 1. The Labute approximate surface area is 95.1 Å². The number of nitro groups is 2. The van der Waals surface area contributed by atoms with E-state index >= 15 is 0 Å². The van der Waals surface area contributed by atoms with Gasteiger partial charge in [0.15, 0.2) is 0 Å². The molecule has 0 N–H and O–H groups in total. The van der Waals surface area contributed by atoms with Crippen molar-refractivity contribution in [1.82, 2.24) is 0 Å². The highest BCUT2D eigenvalue weighted by Crippen LogP contribution is 2.23. The lowest BCUT2D eigenvalue weighted by molar-refractivity contribution is -0.394. The molecule has 0 aromatic heterocycles. The van der Waals surface area contributed by atoms with Gasteiger partial charge in [-0.05, 0) is 0 Å². The summed E-state index contributed by atoms with van der Waals surface area (Å²) in [6, 6.07) is 3.09. The molecule has 0 spiro atoms. The van der Waals surface area contributed by atoms with E-state index in [4.69, 9.17) is 0 Å². The maximum absolute atomic E-state index is 10.6. The van der Waals surface area contributed by atoms with E-state index < -0.39 is 27.2 Å². The van der Waals surface area contributed by atoms with Crippen LogP contribution in [0.4, 0.5) is 11.4 Å². The largest absolute Gasteiger partial charge is 0.461 e. The lowest BCUT2D eigenvalue weighted by atomic mass is 10.2. The zero-order valence-corrected chi connectivity index (χ0v) is 8.78. The summed E-state index contributed by atoms with van der Waals surface area (Å²) in [5.74, 6) is -0.570. The molecule has 1 aromatic rings. The first-order valence-electron chi connectivity index (χ1n) is 4.46.